The molecule has 0 radical (unpaired) electrons. The van der Waals surface area contributed by atoms with E-state index < -0.39 is 11.7 Å². The minimum absolute atomic E-state index is 0.0573. The molecule has 0 amide bonds. The van der Waals surface area contributed by atoms with E-state index >= 15 is 0 Å². The van der Waals surface area contributed by atoms with Crippen molar-refractivity contribution in [1.82, 2.24) is 0 Å². The van der Waals surface area contributed by atoms with Gasteiger partial charge in [0.15, 0.2) is 0 Å². The predicted octanol–water partition coefficient (Wildman–Crippen LogP) is 4.09. The number of hydrogen-bond donors (Lipinski definition) is 0. The third-order valence-electron chi connectivity index (χ3n) is 3.10. The molecule has 0 saturated carbocycles. The van der Waals surface area contributed by atoms with Crippen LogP contribution >= 0.6 is 0 Å². The van der Waals surface area contributed by atoms with Gasteiger partial charge in [-0.25, -0.2) is 0 Å². The average molecular weight is 273 g/mol. The Bertz CT molecular complexity index is 437. The molecule has 0 bridgehead atoms. The van der Waals surface area contributed by atoms with Crippen LogP contribution in [0.15, 0.2) is 18.2 Å². The van der Waals surface area contributed by atoms with Crippen molar-refractivity contribution in [2.24, 2.45) is 0 Å². The first-order valence-corrected chi connectivity index (χ1v) is 6.51. The van der Waals surface area contributed by atoms with Crippen molar-refractivity contribution in [3.8, 4) is 5.75 Å². The smallest absolute Gasteiger partial charge is 0.416 e. The molecule has 0 aromatic heterocycles. The van der Waals surface area contributed by atoms with Crippen LogP contribution in [0.2, 0.25) is 0 Å². The maximum Gasteiger partial charge on any atom is 0.416 e. The molecule has 0 atom stereocenters. The molecule has 0 N–H and O–H groups in total. The van der Waals surface area contributed by atoms with Crippen molar-refractivity contribution < 1.29 is 17.9 Å². The van der Waals surface area contributed by atoms with Gasteiger partial charge in [-0.2, -0.15) is 13.2 Å². The van der Waals surface area contributed by atoms with Crippen LogP contribution in [0.4, 0.5) is 18.9 Å². The van der Waals surface area contributed by atoms with E-state index in [4.69, 9.17) is 4.74 Å². The Hall–Kier alpha value is -1.39. The van der Waals surface area contributed by atoms with Gasteiger partial charge in [-0.15, -0.1) is 0 Å². The van der Waals surface area contributed by atoms with Gasteiger partial charge in [0, 0.05) is 13.1 Å². The fourth-order valence-electron chi connectivity index (χ4n) is 2.25. The topological polar surface area (TPSA) is 12.5 Å². The van der Waals surface area contributed by atoms with Gasteiger partial charge in [0.2, 0.25) is 0 Å². The summed E-state index contributed by atoms with van der Waals surface area (Å²) >= 11 is 0. The van der Waals surface area contributed by atoms with Gasteiger partial charge < -0.3 is 9.64 Å². The number of nitrogens with zero attached hydrogens (tertiary/aromatic N) is 1. The van der Waals surface area contributed by atoms with E-state index in [1.165, 1.54) is 12.1 Å². The third kappa shape index (κ3) is 3.33. The largest absolute Gasteiger partial charge is 0.489 e. The first-order valence-electron chi connectivity index (χ1n) is 6.51. The lowest BCUT2D eigenvalue weighted by Crippen LogP contribution is -2.20. The van der Waals surface area contributed by atoms with Gasteiger partial charge in [-0.05, 0) is 44.9 Å². The number of alkyl halides is 3. The summed E-state index contributed by atoms with van der Waals surface area (Å²) in [6, 6.07) is 3.71. The van der Waals surface area contributed by atoms with Gasteiger partial charge in [0.1, 0.15) is 5.75 Å². The van der Waals surface area contributed by atoms with Crippen LogP contribution < -0.4 is 9.64 Å². The highest BCUT2D eigenvalue weighted by Crippen LogP contribution is 2.38. The fourth-order valence-corrected chi connectivity index (χ4v) is 2.25. The zero-order chi connectivity index (χ0) is 14.0. The van der Waals surface area contributed by atoms with Crippen molar-refractivity contribution in [2.75, 3.05) is 18.0 Å². The zero-order valence-electron chi connectivity index (χ0n) is 11.1. The predicted molar refractivity (Wildman–Crippen MR) is 68.7 cm³/mol. The number of halogens is 3. The Kier molecular flexibility index (Phi) is 3.92. The first kappa shape index (κ1) is 14.0. The van der Waals surface area contributed by atoms with Crippen LogP contribution in [0.5, 0.6) is 5.75 Å². The summed E-state index contributed by atoms with van der Waals surface area (Å²) < 4.78 is 44.0. The summed E-state index contributed by atoms with van der Waals surface area (Å²) in [5.41, 5.74) is -0.0634. The van der Waals surface area contributed by atoms with Gasteiger partial charge in [0.25, 0.3) is 0 Å². The lowest BCUT2D eigenvalue weighted by atomic mass is 10.1. The van der Waals surface area contributed by atoms with Crippen LogP contribution in [-0.2, 0) is 6.18 Å². The van der Waals surface area contributed by atoms with E-state index in [2.05, 4.69) is 0 Å². The van der Waals surface area contributed by atoms with Crippen LogP contribution in [0, 0.1) is 0 Å². The quantitative estimate of drug-likeness (QED) is 0.822. The monoisotopic (exact) mass is 273 g/mol. The van der Waals surface area contributed by atoms with Crippen molar-refractivity contribution in [3.05, 3.63) is 23.8 Å². The Balaban J connectivity index is 2.37. The third-order valence-corrected chi connectivity index (χ3v) is 3.10. The average Bonchev–Trinajstić information content (AvgIpc) is 2.80. The van der Waals surface area contributed by atoms with Gasteiger partial charge >= 0.3 is 6.18 Å². The molecular formula is C14H18F3NO. The maximum absolute atomic E-state index is 12.8. The fraction of sp³-hybridized carbons (Fsp3) is 0.571. The molecule has 1 aliphatic heterocycles. The molecular weight excluding hydrogens is 255 g/mol. The van der Waals surface area contributed by atoms with E-state index in [0.717, 1.165) is 32.0 Å². The molecule has 1 aliphatic rings. The van der Waals surface area contributed by atoms with Crippen LogP contribution in [0.3, 0.4) is 0 Å². The summed E-state index contributed by atoms with van der Waals surface area (Å²) in [7, 11) is 0. The molecule has 1 aromatic carbocycles. The van der Waals surface area contributed by atoms with E-state index in [9.17, 15) is 13.2 Å². The summed E-state index contributed by atoms with van der Waals surface area (Å²) in [5, 5.41) is 0. The number of hydrogen-bond acceptors (Lipinski definition) is 2. The van der Waals surface area contributed by atoms with Crippen molar-refractivity contribution >= 4 is 5.69 Å². The summed E-state index contributed by atoms with van der Waals surface area (Å²) in [5.74, 6) is 0.532. The zero-order valence-corrected chi connectivity index (χ0v) is 11.1. The van der Waals surface area contributed by atoms with Crippen LogP contribution in [0.1, 0.15) is 32.3 Å². The summed E-state index contributed by atoms with van der Waals surface area (Å²) in [4.78, 5) is 1.97. The molecule has 1 aromatic rings. The standard InChI is InChI=1S/C14H18F3NO/c1-10(2)19-13-6-5-11(14(15,16)17)9-12(13)18-7-3-4-8-18/h5-6,9-10H,3-4,7-8H2,1-2H3. The molecule has 106 valence electrons. The van der Waals surface area contributed by atoms with E-state index in [-0.39, 0.29) is 6.10 Å². The van der Waals surface area contributed by atoms with Crippen molar-refractivity contribution in [3.63, 3.8) is 0 Å². The highest BCUT2D eigenvalue weighted by molar-refractivity contribution is 5.61. The number of rotatable bonds is 3. The van der Waals surface area contributed by atoms with E-state index in [1.807, 2.05) is 18.7 Å². The summed E-state index contributed by atoms with van der Waals surface area (Å²) in [6.45, 7) is 5.31. The second kappa shape index (κ2) is 5.31. The Morgan fingerprint density at radius 1 is 1.16 bits per heavy atom. The molecule has 0 spiro atoms. The molecule has 1 fully saturated rings. The van der Waals surface area contributed by atoms with E-state index in [0.29, 0.717) is 11.4 Å². The SMILES string of the molecule is CC(C)Oc1ccc(C(F)(F)F)cc1N1CCCC1. The molecule has 0 aliphatic carbocycles. The van der Waals surface area contributed by atoms with Crippen molar-refractivity contribution in [1.29, 1.82) is 0 Å². The first-order chi connectivity index (χ1) is 8.88. The summed E-state index contributed by atoms with van der Waals surface area (Å²) in [6.07, 6.45) is -2.35. The Morgan fingerprint density at radius 2 is 1.79 bits per heavy atom. The lowest BCUT2D eigenvalue weighted by Gasteiger charge is -2.24. The van der Waals surface area contributed by atoms with Crippen LogP contribution in [-0.4, -0.2) is 19.2 Å². The van der Waals surface area contributed by atoms with Gasteiger partial charge in [-0.1, -0.05) is 0 Å². The number of ether oxygens (including phenoxy) is 1. The van der Waals surface area contributed by atoms with Crippen molar-refractivity contribution in [2.45, 2.75) is 39.0 Å². The molecule has 19 heavy (non-hydrogen) atoms. The van der Waals surface area contributed by atoms with E-state index in [1.54, 1.807) is 0 Å². The molecule has 1 heterocycles. The minimum Gasteiger partial charge on any atom is -0.489 e. The number of anilines is 1. The molecule has 2 nitrogen and oxygen atoms in total. The van der Waals surface area contributed by atoms with Crippen LogP contribution in [0.25, 0.3) is 0 Å². The minimum atomic E-state index is -4.31. The highest BCUT2D eigenvalue weighted by atomic mass is 19.4. The maximum atomic E-state index is 12.8. The Morgan fingerprint density at radius 3 is 2.32 bits per heavy atom. The normalized spacial score (nSPS) is 16.2. The highest BCUT2D eigenvalue weighted by Gasteiger charge is 2.32. The molecule has 5 heteroatoms. The van der Waals surface area contributed by atoms with Gasteiger partial charge in [0.05, 0.1) is 17.4 Å². The Labute approximate surface area is 111 Å². The second-order valence-corrected chi connectivity index (χ2v) is 5.04. The number of benzene rings is 1. The molecule has 0 unspecified atom stereocenters. The van der Waals surface area contributed by atoms with Gasteiger partial charge in [-0.3, -0.25) is 0 Å². The molecule has 1 saturated heterocycles. The lowest BCUT2D eigenvalue weighted by molar-refractivity contribution is -0.137. The molecule has 2 rings (SSSR count). The second-order valence-electron chi connectivity index (χ2n) is 5.04.